The molecule has 0 spiro atoms. The smallest absolute Gasteiger partial charge is 0.331 e. The van der Waals surface area contributed by atoms with Crippen molar-refractivity contribution in [2.75, 3.05) is 13.6 Å². The molecule has 34 heavy (non-hydrogen) atoms. The Morgan fingerprint density at radius 2 is 1.62 bits per heavy atom. The van der Waals surface area contributed by atoms with Crippen LogP contribution in [0.25, 0.3) is 0 Å². The summed E-state index contributed by atoms with van der Waals surface area (Å²) in [5.41, 5.74) is -0.279. The largest absolute Gasteiger partial charge is 0.478 e. The molecular weight excluding hydrogens is 430 g/mol. The number of hydrogen-bond donors (Lipinski definition) is 2. The highest BCUT2D eigenvalue weighted by Gasteiger charge is 2.40. The number of carbonyl (C=O) groups excluding carboxylic acids is 2. The molecule has 1 saturated heterocycles. The van der Waals surface area contributed by atoms with Crippen molar-refractivity contribution < 1.29 is 19.5 Å². The third kappa shape index (κ3) is 7.30. The number of nitrogens with zero attached hydrogens (tertiary/aromatic N) is 2. The van der Waals surface area contributed by atoms with Gasteiger partial charge in [-0.3, -0.25) is 14.5 Å². The van der Waals surface area contributed by atoms with Gasteiger partial charge in [-0.2, -0.15) is 0 Å². The summed E-state index contributed by atoms with van der Waals surface area (Å²) >= 11 is 0. The Balaban J connectivity index is 2.23. The van der Waals surface area contributed by atoms with E-state index in [1.54, 1.807) is 24.9 Å². The summed E-state index contributed by atoms with van der Waals surface area (Å²) in [7, 11) is 1.71. The van der Waals surface area contributed by atoms with E-state index in [4.69, 9.17) is 0 Å². The van der Waals surface area contributed by atoms with Crippen molar-refractivity contribution in [3.8, 4) is 0 Å². The fourth-order valence-electron chi connectivity index (χ4n) is 5.40. The summed E-state index contributed by atoms with van der Waals surface area (Å²) in [6, 6.07) is -0.792. The highest BCUT2D eigenvalue weighted by Crippen LogP contribution is 2.30. The Hall–Kier alpha value is -1.89. The second-order valence-corrected chi connectivity index (χ2v) is 11.7. The van der Waals surface area contributed by atoms with Gasteiger partial charge >= 0.3 is 5.97 Å². The Labute approximate surface area is 206 Å². The molecule has 3 atom stereocenters. The van der Waals surface area contributed by atoms with E-state index in [2.05, 4.69) is 10.2 Å². The Bertz CT molecular complexity index is 749. The van der Waals surface area contributed by atoms with Gasteiger partial charge in [-0.25, -0.2) is 4.79 Å². The number of carboxylic acid groups (broad SMARTS) is 1. The standard InChI is InChI=1S/C27H47N3O4/c1-18(2)22(17-19(3)26(33)34)29(7)25(32)23(27(4,5)6)28-24(31)21-15-11-12-16-30(21)20-13-9-8-10-14-20/h17-18,20-23H,8-16H2,1-7H3,(H,28,31)(H,33,34)/b19-17+/t21-,22-,23?/m1/s1. The van der Waals surface area contributed by atoms with Gasteiger partial charge in [0, 0.05) is 18.7 Å². The van der Waals surface area contributed by atoms with Crippen molar-refractivity contribution in [2.45, 2.75) is 117 Å². The van der Waals surface area contributed by atoms with Gasteiger partial charge in [0.25, 0.3) is 0 Å². The number of carbonyl (C=O) groups is 3. The van der Waals surface area contributed by atoms with E-state index in [-0.39, 0.29) is 35.4 Å². The van der Waals surface area contributed by atoms with E-state index in [0.717, 1.165) is 38.6 Å². The van der Waals surface area contributed by atoms with Crippen LogP contribution >= 0.6 is 0 Å². The molecule has 2 fully saturated rings. The predicted molar refractivity (Wildman–Crippen MR) is 135 cm³/mol. The quantitative estimate of drug-likeness (QED) is 0.511. The maximum atomic E-state index is 13.7. The molecule has 1 aliphatic carbocycles. The molecule has 0 aromatic heterocycles. The van der Waals surface area contributed by atoms with Gasteiger partial charge in [0.1, 0.15) is 6.04 Å². The number of likely N-dealkylation sites (N-methyl/N-ethyl adjacent to an activating group) is 1. The molecule has 1 unspecified atom stereocenters. The van der Waals surface area contributed by atoms with E-state index in [0.29, 0.717) is 6.04 Å². The molecule has 2 amide bonds. The van der Waals surface area contributed by atoms with Gasteiger partial charge in [-0.05, 0) is 50.5 Å². The van der Waals surface area contributed by atoms with E-state index in [9.17, 15) is 19.5 Å². The third-order valence-corrected chi connectivity index (χ3v) is 7.53. The molecule has 2 rings (SSSR count). The monoisotopic (exact) mass is 477 g/mol. The fourth-order valence-corrected chi connectivity index (χ4v) is 5.40. The van der Waals surface area contributed by atoms with Crippen LogP contribution in [0.5, 0.6) is 0 Å². The Morgan fingerprint density at radius 3 is 2.15 bits per heavy atom. The summed E-state index contributed by atoms with van der Waals surface area (Å²) in [6.45, 7) is 12.3. The minimum absolute atomic E-state index is 0.0275. The number of carboxylic acids is 1. The maximum absolute atomic E-state index is 13.7. The molecule has 7 nitrogen and oxygen atoms in total. The van der Waals surface area contributed by atoms with Crippen LogP contribution in [0.15, 0.2) is 11.6 Å². The average molecular weight is 478 g/mol. The van der Waals surface area contributed by atoms with Gasteiger partial charge in [0.05, 0.1) is 12.1 Å². The van der Waals surface area contributed by atoms with E-state index in [1.165, 1.54) is 19.3 Å². The van der Waals surface area contributed by atoms with Gasteiger partial charge in [0.2, 0.25) is 11.8 Å². The molecule has 2 aliphatic rings. The lowest BCUT2D eigenvalue weighted by Crippen LogP contribution is -2.61. The first-order chi connectivity index (χ1) is 15.8. The SMILES string of the molecule is C/C(=C\[C@H](C(C)C)N(C)C(=O)C(NC(=O)[C@H]1CCCCN1C1CCCCC1)C(C)(C)C)C(=O)O. The molecule has 1 heterocycles. The molecule has 7 heteroatoms. The van der Waals surface area contributed by atoms with Crippen LogP contribution in [0.1, 0.15) is 92.9 Å². The van der Waals surface area contributed by atoms with Crippen LogP contribution in [0.2, 0.25) is 0 Å². The van der Waals surface area contributed by atoms with Crippen molar-refractivity contribution >= 4 is 17.8 Å². The molecular formula is C27H47N3O4. The highest BCUT2D eigenvalue weighted by atomic mass is 16.4. The molecule has 2 N–H and O–H groups in total. The Morgan fingerprint density at radius 1 is 1.03 bits per heavy atom. The molecule has 0 radical (unpaired) electrons. The van der Waals surface area contributed by atoms with Crippen molar-refractivity contribution in [3.05, 3.63) is 11.6 Å². The summed E-state index contributed by atoms with van der Waals surface area (Å²) < 4.78 is 0. The van der Waals surface area contributed by atoms with Crippen LogP contribution in [0.4, 0.5) is 0 Å². The summed E-state index contributed by atoms with van der Waals surface area (Å²) in [6.07, 6.45) is 10.7. The van der Waals surface area contributed by atoms with Gasteiger partial charge in [-0.1, -0.05) is 66.4 Å². The minimum Gasteiger partial charge on any atom is -0.478 e. The lowest BCUT2D eigenvalue weighted by molar-refractivity contribution is -0.142. The summed E-state index contributed by atoms with van der Waals surface area (Å²) in [5.74, 6) is -1.20. The first-order valence-electron chi connectivity index (χ1n) is 13.1. The number of likely N-dealkylation sites (tertiary alicyclic amines) is 1. The van der Waals surface area contributed by atoms with Gasteiger partial charge in [-0.15, -0.1) is 0 Å². The summed E-state index contributed by atoms with van der Waals surface area (Å²) in [5, 5.41) is 12.5. The normalized spacial score (nSPS) is 22.8. The summed E-state index contributed by atoms with van der Waals surface area (Å²) in [4.78, 5) is 42.7. The number of nitrogens with one attached hydrogen (secondary N) is 1. The predicted octanol–water partition coefficient (Wildman–Crippen LogP) is 4.22. The average Bonchev–Trinajstić information content (AvgIpc) is 2.79. The number of aliphatic carboxylic acids is 1. The second-order valence-electron chi connectivity index (χ2n) is 11.7. The van der Waals surface area contributed by atoms with Crippen molar-refractivity contribution in [2.24, 2.45) is 11.3 Å². The van der Waals surface area contributed by atoms with Gasteiger partial charge < -0.3 is 15.3 Å². The molecule has 1 saturated carbocycles. The van der Waals surface area contributed by atoms with Crippen molar-refractivity contribution in [1.82, 2.24) is 15.1 Å². The molecule has 0 bridgehead atoms. The zero-order valence-corrected chi connectivity index (χ0v) is 22.4. The van der Waals surface area contributed by atoms with Gasteiger partial charge in [0.15, 0.2) is 0 Å². The Kier molecular flexibility index (Phi) is 10.2. The highest BCUT2D eigenvalue weighted by molar-refractivity contribution is 5.91. The van der Waals surface area contributed by atoms with E-state index in [1.807, 2.05) is 34.6 Å². The molecule has 194 valence electrons. The fraction of sp³-hybridized carbons (Fsp3) is 0.815. The van der Waals surface area contributed by atoms with Crippen LogP contribution in [0, 0.1) is 11.3 Å². The lowest BCUT2D eigenvalue weighted by atomic mass is 9.84. The molecule has 0 aromatic rings. The van der Waals surface area contributed by atoms with Crippen LogP contribution < -0.4 is 5.32 Å². The van der Waals surface area contributed by atoms with E-state index < -0.39 is 17.4 Å². The zero-order chi connectivity index (χ0) is 25.6. The van der Waals surface area contributed by atoms with Crippen molar-refractivity contribution in [1.29, 1.82) is 0 Å². The first kappa shape index (κ1) is 28.3. The van der Waals surface area contributed by atoms with Crippen LogP contribution in [0.3, 0.4) is 0 Å². The van der Waals surface area contributed by atoms with Crippen LogP contribution in [-0.2, 0) is 14.4 Å². The third-order valence-electron chi connectivity index (χ3n) is 7.53. The zero-order valence-electron chi connectivity index (χ0n) is 22.4. The lowest BCUT2D eigenvalue weighted by Gasteiger charge is -2.43. The minimum atomic E-state index is -0.993. The molecule has 1 aliphatic heterocycles. The topological polar surface area (TPSA) is 90.0 Å². The second kappa shape index (κ2) is 12.2. The number of rotatable bonds is 8. The van der Waals surface area contributed by atoms with Crippen molar-refractivity contribution in [3.63, 3.8) is 0 Å². The number of piperidine rings is 1. The van der Waals surface area contributed by atoms with Crippen LogP contribution in [-0.4, -0.2) is 70.4 Å². The number of hydrogen-bond acceptors (Lipinski definition) is 4. The first-order valence-corrected chi connectivity index (χ1v) is 13.1. The number of amides is 2. The van der Waals surface area contributed by atoms with E-state index >= 15 is 0 Å². The maximum Gasteiger partial charge on any atom is 0.331 e. The molecule has 0 aromatic carbocycles.